The van der Waals surface area contributed by atoms with Crippen LogP contribution < -0.4 is 0 Å². The number of hydrogen-bond donors (Lipinski definition) is 0. The Balaban J connectivity index is 2.22. The lowest BCUT2D eigenvalue weighted by Gasteiger charge is -2.06. The van der Waals surface area contributed by atoms with E-state index in [-0.39, 0.29) is 22.8 Å². The molecule has 90 valence electrons. The third-order valence-corrected chi connectivity index (χ3v) is 2.55. The van der Waals surface area contributed by atoms with Crippen molar-refractivity contribution >= 4 is 34.9 Å². The van der Waals surface area contributed by atoms with Gasteiger partial charge in [0.05, 0.1) is 13.0 Å². The lowest BCUT2D eigenvalue weighted by Crippen LogP contribution is -2.09. The molecule has 1 unspecified atom stereocenters. The van der Waals surface area contributed by atoms with Crippen LogP contribution in [0.4, 0.5) is 5.69 Å². The number of aromatic nitrogens is 2. The number of hydrogen-bond acceptors (Lipinski definition) is 6. The van der Waals surface area contributed by atoms with Crippen molar-refractivity contribution in [2.45, 2.75) is 19.4 Å². The van der Waals surface area contributed by atoms with Crippen LogP contribution in [0.1, 0.15) is 25.1 Å². The van der Waals surface area contributed by atoms with Crippen molar-refractivity contribution in [1.82, 2.24) is 9.97 Å². The Kier molecular flexibility index (Phi) is 3.54. The van der Waals surface area contributed by atoms with Gasteiger partial charge in [0.2, 0.25) is 5.28 Å². The number of azo groups is 1. The predicted molar refractivity (Wildman–Crippen MR) is 60.6 cm³/mol. The van der Waals surface area contributed by atoms with Gasteiger partial charge in [0.25, 0.3) is 0 Å². The smallest absolute Gasteiger partial charge is 0.308 e. The van der Waals surface area contributed by atoms with Crippen molar-refractivity contribution in [3.63, 3.8) is 0 Å². The first-order valence-electron chi connectivity index (χ1n) is 4.91. The Hall–Kier alpha value is -1.27. The highest BCUT2D eigenvalue weighted by atomic mass is 35.5. The van der Waals surface area contributed by atoms with Crippen LogP contribution in [0.3, 0.4) is 0 Å². The lowest BCUT2D eigenvalue weighted by molar-refractivity contribution is -0.143. The monoisotopic (exact) mass is 274 g/mol. The summed E-state index contributed by atoms with van der Waals surface area (Å²) in [5.74, 6) is -0.366. The molecular weight excluding hydrogens is 267 g/mol. The molecular formula is C9H8Cl2N4O2. The van der Waals surface area contributed by atoms with E-state index in [4.69, 9.17) is 27.9 Å². The summed E-state index contributed by atoms with van der Waals surface area (Å²) >= 11 is 11.5. The van der Waals surface area contributed by atoms with Crippen LogP contribution in [0, 0.1) is 0 Å². The van der Waals surface area contributed by atoms with Crippen molar-refractivity contribution in [2.24, 2.45) is 10.2 Å². The summed E-state index contributed by atoms with van der Waals surface area (Å²) in [7, 11) is 0. The van der Waals surface area contributed by atoms with Gasteiger partial charge in [0, 0.05) is 0 Å². The van der Waals surface area contributed by atoms with Crippen LogP contribution in [0.5, 0.6) is 0 Å². The maximum absolute atomic E-state index is 11.3. The van der Waals surface area contributed by atoms with Gasteiger partial charge in [-0.25, -0.2) is 9.97 Å². The van der Waals surface area contributed by atoms with Crippen LogP contribution in [0.25, 0.3) is 0 Å². The molecule has 8 heteroatoms. The molecule has 0 aliphatic carbocycles. The molecule has 1 aliphatic rings. The van der Waals surface area contributed by atoms with Gasteiger partial charge in [-0.2, -0.15) is 10.2 Å². The molecule has 6 nitrogen and oxygen atoms in total. The molecule has 2 heterocycles. The molecule has 1 aliphatic heterocycles. The fourth-order valence-corrected chi connectivity index (χ4v) is 1.87. The number of fused-ring (bicyclic) bond motifs is 1. The first kappa shape index (κ1) is 12.2. The molecule has 0 spiro atoms. The summed E-state index contributed by atoms with van der Waals surface area (Å²) < 4.78 is 4.83. The van der Waals surface area contributed by atoms with Crippen LogP contribution in [-0.2, 0) is 9.53 Å². The molecule has 0 amide bonds. The summed E-state index contributed by atoms with van der Waals surface area (Å²) in [6.07, 6.45) is 0.0635. The number of halogens is 2. The van der Waals surface area contributed by atoms with Gasteiger partial charge in [-0.1, -0.05) is 11.6 Å². The zero-order chi connectivity index (χ0) is 12.4. The first-order valence-corrected chi connectivity index (χ1v) is 5.66. The SMILES string of the molecule is CCOC(=O)CC1N=Nc2c(Cl)nc(Cl)nc21. The summed E-state index contributed by atoms with van der Waals surface area (Å²) in [6.45, 7) is 2.05. The highest BCUT2D eigenvalue weighted by Gasteiger charge is 2.28. The summed E-state index contributed by atoms with van der Waals surface area (Å²) in [5, 5.41) is 7.89. The fourth-order valence-electron chi connectivity index (χ4n) is 1.44. The minimum absolute atomic E-state index is 0.00917. The molecule has 1 atom stereocenters. The van der Waals surface area contributed by atoms with E-state index in [0.717, 1.165) is 0 Å². The summed E-state index contributed by atoms with van der Waals surface area (Å²) in [5.41, 5.74) is 0.827. The second-order valence-electron chi connectivity index (χ2n) is 3.26. The maximum atomic E-state index is 11.3. The zero-order valence-corrected chi connectivity index (χ0v) is 10.4. The standard InChI is InChI=1S/C9H8Cl2N4O2/c1-2-17-5(16)3-4-6-7(15-14-4)8(10)13-9(11)12-6/h4H,2-3H2,1H3. The third-order valence-electron chi connectivity index (χ3n) is 2.12. The van der Waals surface area contributed by atoms with Gasteiger partial charge >= 0.3 is 5.97 Å². The van der Waals surface area contributed by atoms with Crippen molar-refractivity contribution in [3.05, 3.63) is 16.1 Å². The van der Waals surface area contributed by atoms with Crippen molar-refractivity contribution < 1.29 is 9.53 Å². The van der Waals surface area contributed by atoms with E-state index < -0.39 is 6.04 Å². The van der Waals surface area contributed by atoms with Crippen molar-refractivity contribution in [3.8, 4) is 0 Å². The Morgan fingerprint density at radius 3 is 2.88 bits per heavy atom. The van der Waals surface area contributed by atoms with Gasteiger partial charge in [-0.15, -0.1) is 0 Å². The number of esters is 1. The molecule has 2 rings (SSSR count). The molecule has 0 saturated heterocycles. The van der Waals surface area contributed by atoms with Gasteiger partial charge < -0.3 is 4.74 Å². The van der Waals surface area contributed by atoms with Crippen molar-refractivity contribution in [1.29, 1.82) is 0 Å². The van der Waals surface area contributed by atoms with Crippen LogP contribution in [-0.4, -0.2) is 22.5 Å². The molecule has 0 N–H and O–H groups in total. The second kappa shape index (κ2) is 4.93. The zero-order valence-electron chi connectivity index (χ0n) is 8.85. The van der Waals surface area contributed by atoms with Gasteiger partial charge in [-0.05, 0) is 18.5 Å². The minimum atomic E-state index is -0.498. The number of ether oxygens (including phenoxy) is 1. The number of rotatable bonds is 3. The Bertz CT molecular complexity index is 492. The fraction of sp³-hybridized carbons (Fsp3) is 0.444. The average Bonchev–Trinajstić information content (AvgIpc) is 2.62. The van der Waals surface area contributed by atoms with E-state index in [9.17, 15) is 4.79 Å². The molecule has 1 aromatic heterocycles. The molecule has 0 bridgehead atoms. The molecule has 1 aromatic rings. The van der Waals surface area contributed by atoms with E-state index in [1.807, 2.05) is 0 Å². The highest BCUT2D eigenvalue weighted by molar-refractivity contribution is 6.33. The average molecular weight is 275 g/mol. The lowest BCUT2D eigenvalue weighted by atomic mass is 10.1. The molecule has 0 radical (unpaired) electrons. The normalized spacial score (nSPS) is 17.0. The quantitative estimate of drug-likeness (QED) is 0.482. The largest absolute Gasteiger partial charge is 0.466 e. The summed E-state index contributed by atoms with van der Waals surface area (Å²) in [6, 6.07) is -0.498. The van der Waals surface area contributed by atoms with Crippen LogP contribution >= 0.6 is 23.2 Å². The Morgan fingerprint density at radius 1 is 1.41 bits per heavy atom. The van der Waals surface area contributed by atoms with Gasteiger partial charge in [0.15, 0.2) is 5.15 Å². The molecule has 17 heavy (non-hydrogen) atoms. The van der Waals surface area contributed by atoms with Crippen LogP contribution in [0.2, 0.25) is 10.4 Å². The van der Waals surface area contributed by atoms with Crippen LogP contribution in [0.15, 0.2) is 10.2 Å². The van der Waals surface area contributed by atoms with E-state index in [1.165, 1.54) is 0 Å². The Morgan fingerprint density at radius 2 is 2.18 bits per heavy atom. The third kappa shape index (κ3) is 2.53. The maximum Gasteiger partial charge on any atom is 0.308 e. The van der Waals surface area contributed by atoms with E-state index in [0.29, 0.717) is 18.0 Å². The Labute approximate surface area is 107 Å². The van der Waals surface area contributed by atoms with E-state index in [2.05, 4.69) is 20.2 Å². The highest BCUT2D eigenvalue weighted by Crippen LogP contribution is 2.40. The van der Waals surface area contributed by atoms with Crippen molar-refractivity contribution in [2.75, 3.05) is 6.61 Å². The number of nitrogens with zero attached hydrogens (tertiary/aromatic N) is 4. The summed E-state index contributed by atoms with van der Waals surface area (Å²) in [4.78, 5) is 19.1. The topological polar surface area (TPSA) is 76.8 Å². The van der Waals surface area contributed by atoms with Gasteiger partial charge in [0.1, 0.15) is 17.4 Å². The molecule has 0 aromatic carbocycles. The predicted octanol–water partition coefficient (Wildman–Crippen LogP) is 2.88. The van der Waals surface area contributed by atoms with E-state index in [1.54, 1.807) is 6.92 Å². The molecule has 0 saturated carbocycles. The first-order chi connectivity index (χ1) is 8.11. The second-order valence-corrected chi connectivity index (χ2v) is 3.95. The van der Waals surface area contributed by atoms with E-state index >= 15 is 0 Å². The minimum Gasteiger partial charge on any atom is -0.466 e. The molecule has 0 fully saturated rings. The number of carbonyl (C=O) groups is 1. The number of carbonyl (C=O) groups excluding carboxylic acids is 1. The van der Waals surface area contributed by atoms with Gasteiger partial charge in [-0.3, -0.25) is 4.79 Å².